The zero-order valence-electron chi connectivity index (χ0n) is 19.4. The summed E-state index contributed by atoms with van der Waals surface area (Å²) in [5.41, 5.74) is 3.07. The maximum atomic E-state index is 13.5. The lowest BCUT2D eigenvalue weighted by atomic mass is 9.95. The molecule has 0 N–H and O–H groups in total. The molecule has 0 aliphatic rings. The summed E-state index contributed by atoms with van der Waals surface area (Å²) in [6, 6.07) is 18.9. The predicted molar refractivity (Wildman–Crippen MR) is 128 cm³/mol. The molecule has 0 saturated carbocycles. The third-order valence-corrected chi connectivity index (χ3v) is 5.57. The Morgan fingerprint density at radius 1 is 0.971 bits per heavy atom. The van der Waals surface area contributed by atoms with E-state index < -0.39 is 11.7 Å². The first-order valence-electron chi connectivity index (χ1n) is 11.2. The van der Waals surface area contributed by atoms with Crippen LogP contribution in [0.15, 0.2) is 72.9 Å². The van der Waals surface area contributed by atoms with Crippen LogP contribution in [-0.4, -0.2) is 17.6 Å². The molecule has 3 aromatic carbocycles. The van der Waals surface area contributed by atoms with E-state index >= 15 is 0 Å². The Hall–Kier alpha value is -3.87. The van der Waals surface area contributed by atoms with Gasteiger partial charge >= 0.3 is 12.1 Å². The molecule has 0 atom stereocenters. The highest BCUT2D eigenvalue weighted by Gasteiger charge is 2.33. The third kappa shape index (κ3) is 5.62. The maximum absolute atomic E-state index is 13.5. The van der Waals surface area contributed by atoms with E-state index in [1.165, 1.54) is 12.3 Å². The van der Waals surface area contributed by atoms with Crippen molar-refractivity contribution in [2.24, 2.45) is 0 Å². The zero-order valence-corrected chi connectivity index (χ0v) is 19.4. The number of carbonyl (C=O) groups is 1. The number of fused-ring (bicyclic) bond motifs is 1. The van der Waals surface area contributed by atoms with Crippen molar-refractivity contribution in [2.45, 2.75) is 33.1 Å². The molecule has 0 aliphatic heterocycles. The Kier molecular flexibility index (Phi) is 7.05. The zero-order chi connectivity index (χ0) is 25.0. The van der Waals surface area contributed by atoms with Crippen molar-refractivity contribution < 1.29 is 27.4 Å². The van der Waals surface area contributed by atoms with Gasteiger partial charge in [0.1, 0.15) is 12.4 Å². The first kappa shape index (κ1) is 24.3. The van der Waals surface area contributed by atoms with E-state index in [1.54, 1.807) is 25.1 Å². The molecule has 7 heteroatoms. The van der Waals surface area contributed by atoms with Gasteiger partial charge in [0.15, 0.2) is 0 Å². The van der Waals surface area contributed by atoms with Crippen LogP contribution in [0.25, 0.3) is 22.0 Å². The number of benzene rings is 3. The number of alkyl halides is 3. The van der Waals surface area contributed by atoms with E-state index in [4.69, 9.17) is 9.47 Å². The number of hydrogen-bond acceptors (Lipinski definition) is 4. The van der Waals surface area contributed by atoms with Crippen LogP contribution in [0.3, 0.4) is 0 Å². The molecular formula is C28H24F3NO3. The molecule has 1 aromatic heterocycles. The number of pyridine rings is 1. The van der Waals surface area contributed by atoms with Gasteiger partial charge in [0.25, 0.3) is 0 Å². The Morgan fingerprint density at radius 3 is 2.49 bits per heavy atom. The van der Waals surface area contributed by atoms with Gasteiger partial charge in [0.2, 0.25) is 0 Å². The lowest BCUT2D eigenvalue weighted by Gasteiger charge is -2.15. The molecule has 4 aromatic rings. The standard InChI is InChI=1S/C28H24F3NO3/c1-3-34-25(33)14-19-7-4-8-20(13-19)17-35-22-10-5-9-21(15-22)26-18(2)16-32-27-23(26)11-6-12-24(27)28(29,30)31/h4-13,15-16H,3,14,17H2,1-2H3. The van der Waals surface area contributed by atoms with Crippen LogP contribution in [-0.2, 0) is 28.7 Å². The molecule has 0 bridgehead atoms. The first-order valence-corrected chi connectivity index (χ1v) is 11.2. The normalized spacial score (nSPS) is 11.5. The lowest BCUT2D eigenvalue weighted by Crippen LogP contribution is -2.08. The molecule has 0 radical (unpaired) electrons. The van der Waals surface area contributed by atoms with Crippen LogP contribution in [0.1, 0.15) is 29.2 Å². The van der Waals surface area contributed by atoms with Gasteiger partial charge in [-0.3, -0.25) is 9.78 Å². The van der Waals surface area contributed by atoms with Crippen molar-refractivity contribution in [3.8, 4) is 16.9 Å². The summed E-state index contributed by atoms with van der Waals surface area (Å²) in [5.74, 6) is 0.293. The molecule has 0 unspecified atom stereocenters. The van der Waals surface area contributed by atoms with Crippen molar-refractivity contribution in [1.82, 2.24) is 4.98 Å². The van der Waals surface area contributed by atoms with Crippen molar-refractivity contribution in [3.63, 3.8) is 0 Å². The minimum atomic E-state index is -4.49. The molecule has 0 saturated heterocycles. The van der Waals surface area contributed by atoms with Crippen molar-refractivity contribution in [1.29, 1.82) is 0 Å². The van der Waals surface area contributed by atoms with Crippen LogP contribution in [0.5, 0.6) is 5.75 Å². The van der Waals surface area contributed by atoms with Crippen molar-refractivity contribution in [3.05, 3.63) is 95.2 Å². The van der Waals surface area contributed by atoms with Gasteiger partial charge in [0, 0.05) is 11.6 Å². The van der Waals surface area contributed by atoms with Crippen LogP contribution < -0.4 is 4.74 Å². The topological polar surface area (TPSA) is 48.4 Å². The first-order chi connectivity index (χ1) is 16.8. The molecule has 0 spiro atoms. The molecule has 35 heavy (non-hydrogen) atoms. The second-order valence-electron chi connectivity index (χ2n) is 8.13. The average molecular weight is 479 g/mol. The summed E-state index contributed by atoms with van der Waals surface area (Å²) in [7, 11) is 0. The number of nitrogens with zero attached hydrogens (tertiary/aromatic N) is 1. The average Bonchev–Trinajstić information content (AvgIpc) is 2.82. The minimum Gasteiger partial charge on any atom is -0.489 e. The molecule has 4 rings (SSSR count). The van der Waals surface area contributed by atoms with E-state index in [0.717, 1.165) is 28.3 Å². The Balaban J connectivity index is 1.60. The number of aryl methyl sites for hydroxylation is 1. The SMILES string of the molecule is CCOC(=O)Cc1cccc(COc2cccc(-c3c(C)cnc4c(C(F)(F)F)cccc34)c2)c1. The van der Waals surface area contributed by atoms with Gasteiger partial charge in [-0.2, -0.15) is 13.2 Å². The van der Waals surface area contributed by atoms with E-state index in [2.05, 4.69) is 4.98 Å². The molecular weight excluding hydrogens is 455 g/mol. The highest BCUT2D eigenvalue weighted by molar-refractivity contribution is 5.97. The van der Waals surface area contributed by atoms with E-state index in [-0.39, 0.29) is 24.5 Å². The van der Waals surface area contributed by atoms with E-state index in [1.807, 2.05) is 43.3 Å². The lowest BCUT2D eigenvalue weighted by molar-refractivity contribution is -0.142. The Bertz CT molecular complexity index is 1370. The summed E-state index contributed by atoms with van der Waals surface area (Å²) in [6.45, 7) is 4.20. The molecule has 180 valence electrons. The number of ether oxygens (including phenoxy) is 2. The highest BCUT2D eigenvalue weighted by Crippen LogP contribution is 2.38. The number of hydrogen-bond donors (Lipinski definition) is 0. The fraction of sp³-hybridized carbons (Fsp3) is 0.214. The number of aromatic nitrogens is 1. The van der Waals surface area contributed by atoms with Gasteiger partial charge in [-0.1, -0.05) is 48.5 Å². The van der Waals surface area contributed by atoms with Crippen LogP contribution in [0, 0.1) is 6.92 Å². The number of esters is 1. The number of halogens is 3. The molecule has 0 aliphatic carbocycles. The van der Waals surface area contributed by atoms with Crippen molar-refractivity contribution >= 4 is 16.9 Å². The van der Waals surface area contributed by atoms with Gasteiger partial charge in [-0.15, -0.1) is 0 Å². The fourth-order valence-corrected chi connectivity index (χ4v) is 4.05. The van der Waals surface area contributed by atoms with Crippen molar-refractivity contribution in [2.75, 3.05) is 6.61 Å². The number of para-hydroxylation sites is 1. The second-order valence-corrected chi connectivity index (χ2v) is 8.13. The fourth-order valence-electron chi connectivity index (χ4n) is 4.05. The van der Waals surface area contributed by atoms with Crippen LogP contribution in [0.4, 0.5) is 13.2 Å². The van der Waals surface area contributed by atoms with Gasteiger partial charge in [-0.25, -0.2) is 0 Å². The summed E-state index contributed by atoms with van der Waals surface area (Å²) in [4.78, 5) is 15.8. The maximum Gasteiger partial charge on any atom is 0.418 e. The molecule has 0 amide bonds. The molecule has 0 fully saturated rings. The second kappa shape index (κ2) is 10.2. The van der Waals surface area contributed by atoms with Gasteiger partial charge in [0.05, 0.1) is 24.1 Å². The summed E-state index contributed by atoms with van der Waals surface area (Å²) < 4.78 is 51.6. The quantitative estimate of drug-likeness (QED) is 0.270. The Labute approximate surface area is 201 Å². The monoisotopic (exact) mass is 479 g/mol. The highest BCUT2D eigenvalue weighted by atomic mass is 19.4. The summed E-state index contributed by atoms with van der Waals surface area (Å²) in [6.07, 6.45) is -2.84. The number of rotatable bonds is 7. The minimum absolute atomic E-state index is 0.0784. The van der Waals surface area contributed by atoms with Gasteiger partial charge in [-0.05, 0) is 59.9 Å². The Morgan fingerprint density at radius 2 is 1.71 bits per heavy atom. The summed E-state index contributed by atoms with van der Waals surface area (Å²) in [5, 5.41) is 0.434. The smallest absolute Gasteiger partial charge is 0.418 e. The number of carbonyl (C=O) groups excluding carboxylic acids is 1. The third-order valence-electron chi connectivity index (χ3n) is 5.57. The van der Waals surface area contributed by atoms with Crippen LogP contribution in [0.2, 0.25) is 0 Å². The summed E-state index contributed by atoms with van der Waals surface area (Å²) >= 11 is 0. The van der Waals surface area contributed by atoms with Gasteiger partial charge < -0.3 is 9.47 Å². The van der Waals surface area contributed by atoms with E-state index in [0.29, 0.717) is 23.3 Å². The largest absolute Gasteiger partial charge is 0.489 e. The molecule has 1 heterocycles. The van der Waals surface area contributed by atoms with Crippen LogP contribution >= 0.6 is 0 Å². The molecule has 4 nitrogen and oxygen atoms in total. The van der Waals surface area contributed by atoms with E-state index in [9.17, 15) is 18.0 Å². The predicted octanol–water partition coefficient (Wildman–Crippen LogP) is 6.91.